The predicted octanol–water partition coefficient (Wildman–Crippen LogP) is 16.4. The first-order valence-corrected chi connectivity index (χ1v) is 21.6. The number of hydrogen-bond donors (Lipinski definition) is 0. The van der Waals surface area contributed by atoms with E-state index < -0.39 is 0 Å². The molecule has 296 valence electrons. The monoisotopic (exact) mass is 803 g/mol. The SMILES string of the molecule is c1ccc(-c2ccccc2-c2ccc(N(c3cccc(-c4cccc5c6ccccc6n(-c6ccccc6)c45)c3)c3ccccc3-n3c4ccccc4c4ccccc43)cc2)cc1. The molecule has 0 saturated heterocycles. The normalized spacial score (nSPS) is 11.5. The maximum Gasteiger partial charge on any atom is 0.0702 e. The third kappa shape index (κ3) is 6.13. The Morgan fingerprint density at radius 3 is 1.44 bits per heavy atom. The number of para-hydroxylation sites is 7. The van der Waals surface area contributed by atoms with Crippen LogP contribution in [0.3, 0.4) is 0 Å². The van der Waals surface area contributed by atoms with Crippen LogP contribution in [0.4, 0.5) is 17.1 Å². The summed E-state index contributed by atoms with van der Waals surface area (Å²) in [6.07, 6.45) is 0. The summed E-state index contributed by atoms with van der Waals surface area (Å²) >= 11 is 0. The molecule has 12 rings (SSSR count). The molecule has 0 aliphatic heterocycles. The second-order valence-electron chi connectivity index (χ2n) is 16.1. The van der Waals surface area contributed by atoms with Gasteiger partial charge in [0.1, 0.15) is 0 Å². The van der Waals surface area contributed by atoms with Crippen LogP contribution in [-0.4, -0.2) is 9.13 Å². The molecule has 0 saturated carbocycles. The number of nitrogens with zero attached hydrogens (tertiary/aromatic N) is 3. The zero-order valence-corrected chi connectivity index (χ0v) is 34.5. The Bertz CT molecular complexity index is 3560. The van der Waals surface area contributed by atoms with Gasteiger partial charge in [0.15, 0.2) is 0 Å². The minimum Gasteiger partial charge on any atom is -0.309 e. The van der Waals surface area contributed by atoms with Crippen LogP contribution in [0.2, 0.25) is 0 Å². The van der Waals surface area contributed by atoms with Crippen molar-refractivity contribution in [1.29, 1.82) is 0 Å². The first-order valence-electron chi connectivity index (χ1n) is 21.6. The molecule has 0 bridgehead atoms. The van der Waals surface area contributed by atoms with Crippen LogP contribution in [0.15, 0.2) is 249 Å². The maximum absolute atomic E-state index is 2.43. The smallest absolute Gasteiger partial charge is 0.0702 e. The zero-order chi connectivity index (χ0) is 41.7. The Morgan fingerprint density at radius 2 is 0.762 bits per heavy atom. The van der Waals surface area contributed by atoms with Gasteiger partial charge in [0, 0.05) is 44.2 Å². The molecule has 12 aromatic rings. The molecule has 0 fully saturated rings. The summed E-state index contributed by atoms with van der Waals surface area (Å²) in [5.41, 5.74) is 17.3. The van der Waals surface area contributed by atoms with Crippen molar-refractivity contribution in [3.8, 4) is 44.8 Å². The van der Waals surface area contributed by atoms with Gasteiger partial charge in [-0.05, 0) is 94.5 Å². The van der Waals surface area contributed by atoms with Crippen molar-refractivity contribution in [3.63, 3.8) is 0 Å². The Labute approximate surface area is 366 Å². The fraction of sp³-hybridized carbons (Fsp3) is 0. The molecule has 0 aliphatic rings. The second kappa shape index (κ2) is 15.3. The van der Waals surface area contributed by atoms with Crippen molar-refractivity contribution in [2.45, 2.75) is 0 Å². The largest absolute Gasteiger partial charge is 0.309 e. The number of aromatic nitrogens is 2. The molecule has 10 aromatic carbocycles. The molecule has 0 radical (unpaired) electrons. The lowest BCUT2D eigenvalue weighted by Crippen LogP contribution is -2.13. The van der Waals surface area contributed by atoms with Crippen molar-refractivity contribution >= 4 is 60.7 Å². The van der Waals surface area contributed by atoms with Crippen LogP contribution in [0, 0.1) is 0 Å². The molecule has 0 unspecified atom stereocenters. The van der Waals surface area contributed by atoms with Crippen molar-refractivity contribution < 1.29 is 0 Å². The summed E-state index contributed by atoms with van der Waals surface area (Å²) in [5, 5.41) is 4.95. The molecule has 63 heavy (non-hydrogen) atoms. The third-order valence-electron chi connectivity index (χ3n) is 12.5. The minimum atomic E-state index is 1.07. The molecule has 2 aromatic heterocycles. The van der Waals surface area contributed by atoms with Gasteiger partial charge in [-0.25, -0.2) is 0 Å². The molecule has 0 N–H and O–H groups in total. The van der Waals surface area contributed by atoms with Gasteiger partial charge >= 0.3 is 0 Å². The highest BCUT2D eigenvalue weighted by molar-refractivity contribution is 6.14. The van der Waals surface area contributed by atoms with Gasteiger partial charge in [-0.1, -0.05) is 182 Å². The molecular weight excluding hydrogens is 763 g/mol. The third-order valence-corrected chi connectivity index (χ3v) is 12.5. The summed E-state index contributed by atoms with van der Waals surface area (Å²) in [5.74, 6) is 0. The Kier molecular flexibility index (Phi) is 8.83. The fourth-order valence-electron chi connectivity index (χ4n) is 9.76. The quantitative estimate of drug-likeness (QED) is 0.149. The zero-order valence-electron chi connectivity index (χ0n) is 34.5. The van der Waals surface area contributed by atoms with E-state index in [0.29, 0.717) is 0 Å². The second-order valence-corrected chi connectivity index (χ2v) is 16.1. The summed E-state index contributed by atoms with van der Waals surface area (Å²) in [4.78, 5) is 2.43. The molecule has 0 spiro atoms. The van der Waals surface area contributed by atoms with E-state index in [4.69, 9.17) is 0 Å². The number of anilines is 3. The van der Waals surface area contributed by atoms with Gasteiger partial charge in [-0.15, -0.1) is 0 Å². The highest BCUT2D eigenvalue weighted by Gasteiger charge is 2.22. The van der Waals surface area contributed by atoms with Gasteiger partial charge in [0.05, 0.1) is 33.4 Å². The highest BCUT2D eigenvalue weighted by Crippen LogP contribution is 2.45. The summed E-state index contributed by atoms with van der Waals surface area (Å²) in [6.45, 7) is 0. The van der Waals surface area contributed by atoms with Crippen LogP contribution >= 0.6 is 0 Å². The molecule has 0 amide bonds. The van der Waals surface area contributed by atoms with Gasteiger partial charge < -0.3 is 14.0 Å². The van der Waals surface area contributed by atoms with Crippen LogP contribution in [0.5, 0.6) is 0 Å². The lowest BCUT2D eigenvalue weighted by Gasteiger charge is -2.29. The van der Waals surface area contributed by atoms with Crippen LogP contribution in [0.25, 0.3) is 88.4 Å². The summed E-state index contributed by atoms with van der Waals surface area (Å²) < 4.78 is 4.86. The summed E-state index contributed by atoms with van der Waals surface area (Å²) in [6, 6.07) is 90.1. The highest BCUT2D eigenvalue weighted by atomic mass is 15.2. The minimum absolute atomic E-state index is 1.07. The van der Waals surface area contributed by atoms with Crippen LogP contribution in [0.1, 0.15) is 0 Å². The Balaban J connectivity index is 1.08. The molecule has 3 nitrogen and oxygen atoms in total. The standard InChI is InChI=1S/C60H41N3/c1-3-19-42(20-4-1)48-25-7-8-26-49(48)43-37-39-46(40-38-43)61(58-35-15-16-36-59(58)63-56-33-13-9-27-51(56)52-28-10-14-34-57(52)63)47-24-17-21-44(41-47)50-30-18-31-54-53-29-11-12-32-55(53)62(60(50)54)45-22-5-2-6-23-45/h1-41H. The van der Waals surface area contributed by atoms with E-state index >= 15 is 0 Å². The van der Waals surface area contributed by atoms with E-state index in [1.165, 1.54) is 71.4 Å². The maximum atomic E-state index is 2.43. The van der Waals surface area contributed by atoms with E-state index in [2.05, 4.69) is 263 Å². The van der Waals surface area contributed by atoms with Crippen LogP contribution < -0.4 is 4.90 Å². The van der Waals surface area contributed by atoms with Crippen molar-refractivity contribution in [2.75, 3.05) is 4.90 Å². The van der Waals surface area contributed by atoms with Crippen LogP contribution in [-0.2, 0) is 0 Å². The molecule has 0 aliphatic carbocycles. The number of fused-ring (bicyclic) bond motifs is 6. The molecule has 3 heteroatoms. The number of hydrogen-bond acceptors (Lipinski definition) is 1. The number of benzene rings is 10. The van der Waals surface area contributed by atoms with E-state index in [0.717, 1.165) is 34.0 Å². The summed E-state index contributed by atoms with van der Waals surface area (Å²) in [7, 11) is 0. The Morgan fingerprint density at radius 1 is 0.286 bits per heavy atom. The van der Waals surface area contributed by atoms with Gasteiger partial charge in [-0.2, -0.15) is 0 Å². The molecule has 0 atom stereocenters. The lowest BCUT2D eigenvalue weighted by molar-refractivity contribution is 1.15. The molecule has 2 heterocycles. The number of rotatable bonds is 8. The van der Waals surface area contributed by atoms with Gasteiger partial charge in [0.2, 0.25) is 0 Å². The van der Waals surface area contributed by atoms with E-state index in [-0.39, 0.29) is 0 Å². The van der Waals surface area contributed by atoms with Gasteiger partial charge in [-0.3, -0.25) is 0 Å². The van der Waals surface area contributed by atoms with Crippen molar-refractivity contribution in [3.05, 3.63) is 249 Å². The average molecular weight is 804 g/mol. The van der Waals surface area contributed by atoms with Crippen molar-refractivity contribution in [1.82, 2.24) is 9.13 Å². The topological polar surface area (TPSA) is 13.1 Å². The van der Waals surface area contributed by atoms with E-state index in [1.807, 2.05) is 0 Å². The first kappa shape index (κ1) is 36.5. The van der Waals surface area contributed by atoms with Gasteiger partial charge in [0.25, 0.3) is 0 Å². The lowest BCUT2D eigenvalue weighted by atomic mass is 9.94. The first-order chi connectivity index (χ1) is 31.3. The molecular formula is C60H41N3. The average Bonchev–Trinajstić information content (AvgIpc) is 3.88. The Hall–Kier alpha value is -8.40. The van der Waals surface area contributed by atoms with Crippen molar-refractivity contribution in [2.24, 2.45) is 0 Å². The predicted molar refractivity (Wildman–Crippen MR) is 266 cm³/mol. The van der Waals surface area contributed by atoms with E-state index in [1.54, 1.807) is 0 Å². The van der Waals surface area contributed by atoms with E-state index in [9.17, 15) is 0 Å². The fourth-order valence-corrected chi connectivity index (χ4v) is 9.76.